The maximum atomic E-state index is 9.86. The monoisotopic (exact) mass is 100.0 g/mol. The van der Waals surface area contributed by atoms with Crippen LogP contribution in [0.2, 0.25) is 0 Å². The van der Waals surface area contributed by atoms with Crippen LogP contribution in [0.15, 0.2) is 0 Å². The molecule has 0 fully saturated rings. The van der Waals surface area contributed by atoms with E-state index in [-0.39, 0.29) is 5.12 Å². The first-order valence-corrected chi connectivity index (χ1v) is 2.22. The van der Waals surface area contributed by atoms with Crippen LogP contribution in [-0.2, 0) is 4.79 Å². The first-order chi connectivity index (χ1) is 2.77. The van der Waals surface area contributed by atoms with E-state index < -0.39 is 0 Å². The van der Waals surface area contributed by atoms with Gasteiger partial charge in [-0.3, -0.25) is 4.79 Å². The normalized spacial score (nSPS) is 6.67. The van der Waals surface area contributed by atoms with Gasteiger partial charge in [-0.2, -0.15) is 0 Å². The van der Waals surface area contributed by atoms with Crippen LogP contribution in [0.3, 0.4) is 0 Å². The molecule has 32 valence electrons. The van der Waals surface area contributed by atoms with Crippen LogP contribution in [0, 0.1) is 11.7 Å². The highest BCUT2D eigenvalue weighted by molar-refractivity contribution is 8.17. The molecule has 0 heterocycles. The lowest BCUT2D eigenvalue weighted by atomic mass is 10.9. The van der Waals surface area contributed by atoms with Crippen molar-refractivity contribution in [2.45, 2.75) is 6.92 Å². The first-order valence-electron chi connectivity index (χ1n) is 1.40. The van der Waals surface area contributed by atoms with Gasteiger partial charge in [0.15, 0.2) is 5.12 Å². The maximum Gasteiger partial charge on any atom is 0.198 e. The maximum absolute atomic E-state index is 9.86. The van der Waals surface area contributed by atoms with Crippen molar-refractivity contribution in [3.63, 3.8) is 0 Å². The van der Waals surface area contributed by atoms with Crippen LogP contribution < -0.4 is 0 Å². The van der Waals surface area contributed by atoms with Gasteiger partial charge in [-0.05, 0) is 17.0 Å². The number of hydrogen-bond donors (Lipinski definition) is 0. The number of rotatable bonds is 0. The summed E-state index contributed by atoms with van der Waals surface area (Å²) in [4.78, 5) is 9.86. The van der Waals surface area contributed by atoms with E-state index in [0.717, 1.165) is 11.8 Å². The van der Waals surface area contributed by atoms with E-state index in [4.69, 9.17) is 6.42 Å². The van der Waals surface area contributed by atoms with E-state index in [1.54, 1.807) is 0 Å². The van der Waals surface area contributed by atoms with Gasteiger partial charge >= 0.3 is 0 Å². The molecule has 0 amide bonds. The van der Waals surface area contributed by atoms with Crippen molar-refractivity contribution in [2.75, 3.05) is 0 Å². The van der Waals surface area contributed by atoms with Crippen LogP contribution >= 0.6 is 11.8 Å². The van der Waals surface area contributed by atoms with Gasteiger partial charge in [0.25, 0.3) is 0 Å². The topological polar surface area (TPSA) is 17.1 Å². The lowest BCUT2D eigenvalue weighted by molar-refractivity contribution is -0.109. The zero-order chi connectivity index (χ0) is 4.99. The van der Waals surface area contributed by atoms with E-state index in [2.05, 4.69) is 5.25 Å². The molecule has 0 atom stereocenters. The van der Waals surface area contributed by atoms with Crippen molar-refractivity contribution in [1.29, 1.82) is 0 Å². The molecule has 6 heavy (non-hydrogen) atoms. The number of hydrogen-bond acceptors (Lipinski definition) is 2. The van der Waals surface area contributed by atoms with E-state index in [1.807, 2.05) is 0 Å². The van der Waals surface area contributed by atoms with E-state index in [9.17, 15) is 4.79 Å². The van der Waals surface area contributed by atoms with Crippen LogP contribution in [-0.4, -0.2) is 5.12 Å². The Bertz CT molecular complexity index is 90.2. The summed E-state index contributed by atoms with van der Waals surface area (Å²) in [5.41, 5.74) is 0. The van der Waals surface area contributed by atoms with Gasteiger partial charge in [-0.25, -0.2) is 0 Å². The zero-order valence-corrected chi connectivity index (χ0v) is 4.21. The molecule has 0 spiro atoms. The minimum absolute atomic E-state index is 0.0301. The number of terminal acetylenes is 1. The van der Waals surface area contributed by atoms with E-state index >= 15 is 0 Å². The Kier molecular flexibility index (Phi) is 2.60. The molecule has 1 nitrogen and oxygen atoms in total. The average molecular weight is 100 g/mol. The van der Waals surface area contributed by atoms with Crippen molar-refractivity contribution >= 4 is 16.9 Å². The average Bonchev–Trinajstić information content (AvgIpc) is 1.35. The Morgan fingerprint density at radius 2 is 2.50 bits per heavy atom. The van der Waals surface area contributed by atoms with Crippen LogP contribution in [0.4, 0.5) is 0 Å². The van der Waals surface area contributed by atoms with Gasteiger partial charge in [-0.1, -0.05) is 0 Å². The Labute approximate surface area is 41.1 Å². The van der Waals surface area contributed by atoms with E-state index in [0.29, 0.717) is 0 Å². The molecule has 0 aliphatic rings. The fourth-order valence-electron chi connectivity index (χ4n) is 0.0830. The smallest absolute Gasteiger partial charge is 0.198 e. The predicted molar refractivity (Wildman–Crippen MR) is 27.1 cm³/mol. The fourth-order valence-corrected chi connectivity index (χ4v) is 0.249. The molecular weight excluding hydrogens is 96.1 g/mol. The Hall–Kier alpha value is -0.420. The molecule has 0 N–H and O–H groups in total. The highest BCUT2D eigenvalue weighted by atomic mass is 32.2. The molecule has 0 aromatic rings. The Morgan fingerprint density at radius 3 is 2.50 bits per heavy atom. The first kappa shape index (κ1) is 5.58. The number of thioether (sulfide) groups is 1. The van der Waals surface area contributed by atoms with Crippen molar-refractivity contribution in [2.24, 2.45) is 0 Å². The minimum atomic E-state index is -0.0301. The second-order valence-corrected chi connectivity index (χ2v) is 1.73. The lowest BCUT2D eigenvalue weighted by Gasteiger charge is -1.71. The summed E-state index contributed by atoms with van der Waals surface area (Å²) in [6.07, 6.45) is 4.72. The van der Waals surface area contributed by atoms with Crippen LogP contribution in [0.25, 0.3) is 0 Å². The summed E-state index contributed by atoms with van der Waals surface area (Å²) >= 11 is 0.875. The Morgan fingerprint density at radius 1 is 2.00 bits per heavy atom. The quantitative estimate of drug-likeness (QED) is 0.420. The lowest BCUT2D eigenvalue weighted by Crippen LogP contribution is -1.72. The summed E-state index contributed by atoms with van der Waals surface area (Å²) in [7, 11) is 0. The Balaban J connectivity index is 3.13. The number of carbonyl (C=O) groups excluding carboxylic acids is 1. The molecule has 2 heteroatoms. The van der Waals surface area contributed by atoms with Crippen molar-refractivity contribution in [1.82, 2.24) is 0 Å². The van der Waals surface area contributed by atoms with Crippen molar-refractivity contribution in [3.8, 4) is 11.7 Å². The summed E-state index contributed by atoms with van der Waals surface area (Å²) in [6, 6.07) is 0. The summed E-state index contributed by atoms with van der Waals surface area (Å²) in [5.74, 6) is 0. The van der Waals surface area contributed by atoms with Gasteiger partial charge in [0.05, 0.1) is 0 Å². The van der Waals surface area contributed by atoms with Crippen molar-refractivity contribution < 1.29 is 4.79 Å². The van der Waals surface area contributed by atoms with Gasteiger partial charge < -0.3 is 0 Å². The van der Waals surface area contributed by atoms with Gasteiger partial charge in [0.1, 0.15) is 0 Å². The molecule has 0 aromatic heterocycles. The highest BCUT2D eigenvalue weighted by Crippen LogP contribution is 1.93. The highest BCUT2D eigenvalue weighted by Gasteiger charge is 1.81. The fraction of sp³-hybridized carbons (Fsp3) is 0.250. The molecular formula is C4H4OS. The molecule has 0 rings (SSSR count). The minimum Gasteiger partial charge on any atom is -0.287 e. The number of carbonyl (C=O) groups is 1. The van der Waals surface area contributed by atoms with Gasteiger partial charge in [0.2, 0.25) is 0 Å². The third kappa shape index (κ3) is 3.58. The standard InChI is InChI=1S/C4H4OS/c1-3-6-4(2)5/h1H,2H3. The van der Waals surface area contributed by atoms with Gasteiger partial charge in [0, 0.05) is 6.92 Å². The van der Waals surface area contributed by atoms with Gasteiger partial charge in [-0.15, -0.1) is 6.42 Å². The largest absolute Gasteiger partial charge is 0.287 e. The molecule has 0 bridgehead atoms. The summed E-state index contributed by atoms with van der Waals surface area (Å²) in [6.45, 7) is 1.44. The van der Waals surface area contributed by atoms with Crippen LogP contribution in [0.1, 0.15) is 6.92 Å². The molecule has 0 radical (unpaired) electrons. The SMILES string of the molecule is C#CSC(C)=O. The molecule has 0 saturated carbocycles. The molecule has 0 aliphatic heterocycles. The third-order valence-corrected chi connectivity index (χ3v) is 0.608. The third-order valence-electron chi connectivity index (χ3n) is 0.203. The second-order valence-electron chi connectivity index (χ2n) is 0.711. The van der Waals surface area contributed by atoms with E-state index in [1.165, 1.54) is 6.92 Å². The summed E-state index contributed by atoms with van der Waals surface area (Å²) < 4.78 is 0. The molecule has 0 unspecified atom stereocenters. The summed E-state index contributed by atoms with van der Waals surface area (Å²) in [5, 5.41) is 2.10. The van der Waals surface area contributed by atoms with Crippen LogP contribution in [0.5, 0.6) is 0 Å². The molecule has 0 saturated heterocycles. The molecule has 0 aliphatic carbocycles. The second kappa shape index (κ2) is 2.80. The predicted octanol–water partition coefficient (Wildman–Crippen LogP) is 0.857. The van der Waals surface area contributed by atoms with Crippen molar-refractivity contribution in [3.05, 3.63) is 0 Å². The molecule has 0 aromatic carbocycles. The zero-order valence-electron chi connectivity index (χ0n) is 3.39.